The van der Waals surface area contributed by atoms with E-state index in [0.29, 0.717) is 23.6 Å². The van der Waals surface area contributed by atoms with Gasteiger partial charge in [-0.25, -0.2) is 0 Å². The lowest BCUT2D eigenvalue weighted by Gasteiger charge is -2.24. The van der Waals surface area contributed by atoms with E-state index in [9.17, 15) is 9.59 Å². The number of ether oxygens (including phenoxy) is 2. The maximum Gasteiger partial charge on any atom is 0.323 e. The van der Waals surface area contributed by atoms with Crippen LogP contribution in [-0.2, 0) is 9.59 Å². The van der Waals surface area contributed by atoms with Crippen LogP contribution >= 0.6 is 0 Å². The fourth-order valence-electron chi connectivity index (χ4n) is 1.81. The van der Waals surface area contributed by atoms with Crippen LogP contribution in [0.1, 0.15) is 20.3 Å². The Kier molecular flexibility index (Phi) is 4.32. The van der Waals surface area contributed by atoms with Gasteiger partial charge in [-0.15, -0.1) is 0 Å². The van der Waals surface area contributed by atoms with Gasteiger partial charge in [-0.2, -0.15) is 0 Å². The van der Waals surface area contributed by atoms with Crippen LogP contribution in [0.4, 0.5) is 5.69 Å². The molecule has 0 saturated carbocycles. The summed E-state index contributed by atoms with van der Waals surface area (Å²) >= 11 is 0. The summed E-state index contributed by atoms with van der Waals surface area (Å²) in [6, 6.07) is 5.07. The molecule has 1 heterocycles. The zero-order valence-corrected chi connectivity index (χ0v) is 11.9. The highest BCUT2D eigenvalue weighted by molar-refractivity contribution is 5.93. The van der Waals surface area contributed by atoms with E-state index >= 15 is 0 Å². The summed E-state index contributed by atoms with van der Waals surface area (Å²) in [5, 5.41) is 14.5. The van der Waals surface area contributed by atoms with Crippen molar-refractivity contribution >= 4 is 17.6 Å². The molecule has 114 valence electrons. The first-order valence-electron chi connectivity index (χ1n) is 6.62. The Morgan fingerprint density at radius 1 is 1.33 bits per heavy atom. The topological polar surface area (TPSA) is 96.9 Å². The van der Waals surface area contributed by atoms with Gasteiger partial charge in [0.25, 0.3) is 0 Å². The zero-order valence-electron chi connectivity index (χ0n) is 11.9. The van der Waals surface area contributed by atoms with E-state index in [0.717, 1.165) is 0 Å². The molecule has 1 aliphatic rings. The quantitative estimate of drug-likeness (QED) is 0.729. The molecule has 1 amide bonds. The molecule has 1 aliphatic heterocycles. The van der Waals surface area contributed by atoms with Crippen molar-refractivity contribution < 1.29 is 24.2 Å². The van der Waals surface area contributed by atoms with Crippen molar-refractivity contribution in [2.45, 2.75) is 25.8 Å². The molecule has 1 atom stereocenters. The lowest BCUT2D eigenvalue weighted by molar-refractivity contribution is -0.144. The Hall–Kier alpha value is -2.28. The Labute approximate surface area is 122 Å². The van der Waals surface area contributed by atoms with E-state index in [4.69, 9.17) is 14.6 Å². The summed E-state index contributed by atoms with van der Waals surface area (Å²) in [5.74, 6) is -0.101. The van der Waals surface area contributed by atoms with E-state index in [1.165, 1.54) is 0 Å². The van der Waals surface area contributed by atoms with Crippen LogP contribution in [-0.4, -0.2) is 35.9 Å². The minimum Gasteiger partial charge on any atom is -0.480 e. The Balaban J connectivity index is 1.92. The predicted molar refractivity (Wildman–Crippen MR) is 75.5 cm³/mol. The summed E-state index contributed by atoms with van der Waals surface area (Å²) in [6.07, 6.45) is 0.375. The monoisotopic (exact) mass is 294 g/mol. The third kappa shape index (κ3) is 3.43. The Bertz CT molecular complexity index is 560. The van der Waals surface area contributed by atoms with E-state index in [2.05, 4.69) is 10.6 Å². The first kappa shape index (κ1) is 15.1. The molecule has 0 bridgehead atoms. The van der Waals surface area contributed by atoms with E-state index in [1.54, 1.807) is 32.0 Å². The van der Waals surface area contributed by atoms with Crippen LogP contribution < -0.4 is 20.1 Å². The molecule has 21 heavy (non-hydrogen) atoms. The molecular weight excluding hydrogens is 276 g/mol. The Morgan fingerprint density at radius 2 is 2.05 bits per heavy atom. The number of nitrogens with one attached hydrogen (secondary N) is 2. The zero-order chi connectivity index (χ0) is 15.5. The number of carboxylic acid groups (broad SMARTS) is 1. The SMILES string of the molecule is CCC(C)(NCC(=O)Nc1ccc2c(c1)OCO2)C(=O)O. The molecule has 0 radical (unpaired) electrons. The van der Waals surface area contributed by atoms with Gasteiger partial charge in [0.05, 0.1) is 6.54 Å². The smallest absolute Gasteiger partial charge is 0.323 e. The van der Waals surface area contributed by atoms with Crippen molar-refractivity contribution in [2.75, 3.05) is 18.7 Å². The summed E-state index contributed by atoms with van der Waals surface area (Å²) in [7, 11) is 0. The molecule has 1 aromatic carbocycles. The standard InChI is InChI=1S/C14H18N2O5/c1-3-14(2,13(18)19)15-7-12(17)16-9-4-5-10-11(6-9)21-8-20-10/h4-6,15H,3,7-8H2,1-2H3,(H,16,17)(H,18,19). The van der Waals surface area contributed by atoms with Crippen LogP contribution in [0.5, 0.6) is 11.5 Å². The summed E-state index contributed by atoms with van der Waals surface area (Å²) in [5.41, 5.74) is -0.550. The van der Waals surface area contributed by atoms with E-state index < -0.39 is 11.5 Å². The van der Waals surface area contributed by atoms with Gasteiger partial charge in [0.1, 0.15) is 5.54 Å². The number of fused-ring (bicyclic) bond motifs is 1. The van der Waals surface area contributed by atoms with Crippen molar-refractivity contribution in [1.29, 1.82) is 0 Å². The number of carbonyl (C=O) groups is 2. The molecule has 7 nitrogen and oxygen atoms in total. The van der Waals surface area contributed by atoms with Crippen LogP contribution in [0.25, 0.3) is 0 Å². The van der Waals surface area contributed by atoms with Crippen LogP contribution in [0, 0.1) is 0 Å². The highest BCUT2D eigenvalue weighted by Gasteiger charge is 2.30. The lowest BCUT2D eigenvalue weighted by atomic mass is 9.99. The average molecular weight is 294 g/mol. The summed E-state index contributed by atoms with van der Waals surface area (Å²) < 4.78 is 10.4. The predicted octanol–water partition coefficient (Wildman–Crippen LogP) is 1.20. The highest BCUT2D eigenvalue weighted by Crippen LogP contribution is 2.34. The first-order chi connectivity index (χ1) is 9.94. The lowest BCUT2D eigenvalue weighted by Crippen LogP contribution is -2.51. The number of carbonyl (C=O) groups excluding carboxylic acids is 1. The molecule has 1 aromatic rings. The molecule has 0 fully saturated rings. The number of aliphatic carboxylic acids is 1. The summed E-state index contributed by atoms with van der Waals surface area (Å²) in [6.45, 7) is 3.37. The first-order valence-corrected chi connectivity index (χ1v) is 6.62. The van der Waals surface area contributed by atoms with Gasteiger partial charge < -0.3 is 19.9 Å². The third-order valence-electron chi connectivity index (χ3n) is 3.47. The third-order valence-corrected chi connectivity index (χ3v) is 3.47. The van der Waals surface area contributed by atoms with Crippen LogP contribution in [0.2, 0.25) is 0 Å². The molecule has 0 spiro atoms. The minimum absolute atomic E-state index is 0.0922. The molecule has 2 rings (SSSR count). The maximum absolute atomic E-state index is 11.9. The van der Waals surface area contributed by atoms with Gasteiger partial charge in [0, 0.05) is 11.8 Å². The Morgan fingerprint density at radius 3 is 2.71 bits per heavy atom. The number of hydrogen-bond donors (Lipinski definition) is 3. The number of rotatable bonds is 6. The minimum atomic E-state index is -1.12. The van der Waals surface area contributed by atoms with Gasteiger partial charge in [-0.3, -0.25) is 14.9 Å². The number of amides is 1. The van der Waals surface area contributed by atoms with Crippen molar-refractivity contribution in [3.63, 3.8) is 0 Å². The number of anilines is 1. The average Bonchev–Trinajstić information content (AvgIpc) is 2.92. The van der Waals surface area contributed by atoms with E-state index in [1.807, 2.05) is 0 Å². The second kappa shape index (κ2) is 6.01. The van der Waals surface area contributed by atoms with Crippen molar-refractivity contribution in [1.82, 2.24) is 5.32 Å². The van der Waals surface area contributed by atoms with Crippen LogP contribution in [0.15, 0.2) is 18.2 Å². The van der Waals surface area contributed by atoms with Crippen molar-refractivity contribution in [3.05, 3.63) is 18.2 Å². The summed E-state index contributed by atoms with van der Waals surface area (Å²) in [4.78, 5) is 23.0. The maximum atomic E-state index is 11.9. The fourth-order valence-corrected chi connectivity index (χ4v) is 1.81. The number of benzene rings is 1. The fraction of sp³-hybridized carbons (Fsp3) is 0.429. The van der Waals surface area contributed by atoms with Gasteiger partial charge in [-0.1, -0.05) is 6.92 Å². The second-order valence-electron chi connectivity index (χ2n) is 4.96. The molecule has 0 aliphatic carbocycles. The van der Waals surface area contributed by atoms with E-state index in [-0.39, 0.29) is 19.2 Å². The van der Waals surface area contributed by atoms with Gasteiger partial charge in [0.2, 0.25) is 12.7 Å². The molecular formula is C14H18N2O5. The normalized spacial score (nSPS) is 15.3. The second-order valence-corrected chi connectivity index (χ2v) is 4.96. The largest absolute Gasteiger partial charge is 0.480 e. The highest BCUT2D eigenvalue weighted by atomic mass is 16.7. The molecule has 0 aromatic heterocycles. The molecule has 3 N–H and O–H groups in total. The number of hydrogen-bond acceptors (Lipinski definition) is 5. The number of carboxylic acids is 1. The van der Waals surface area contributed by atoms with Gasteiger partial charge >= 0.3 is 5.97 Å². The molecule has 7 heteroatoms. The van der Waals surface area contributed by atoms with Crippen molar-refractivity contribution in [2.24, 2.45) is 0 Å². The van der Waals surface area contributed by atoms with Gasteiger partial charge in [-0.05, 0) is 25.5 Å². The van der Waals surface area contributed by atoms with Crippen molar-refractivity contribution in [3.8, 4) is 11.5 Å². The molecule has 1 unspecified atom stereocenters. The molecule has 0 saturated heterocycles. The van der Waals surface area contributed by atoms with Crippen LogP contribution in [0.3, 0.4) is 0 Å². The van der Waals surface area contributed by atoms with Gasteiger partial charge in [0.15, 0.2) is 11.5 Å².